The molecular formula is C31H38FN3O4S2. The second-order valence-corrected chi connectivity index (χ2v) is 14.5. The van der Waals surface area contributed by atoms with Crippen LogP contribution in [0.2, 0.25) is 0 Å². The van der Waals surface area contributed by atoms with Gasteiger partial charge in [0.2, 0.25) is 20.0 Å². The molecule has 0 amide bonds. The highest BCUT2D eigenvalue weighted by Crippen LogP contribution is 2.22. The van der Waals surface area contributed by atoms with Gasteiger partial charge in [0.15, 0.2) is 0 Å². The van der Waals surface area contributed by atoms with Crippen LogP contribution in [0.3, 0.4) is 0 Å². The molecule has 3 aromatic rings. The summed E-state index contributed by atoms with van der Waals surface area (Å²) in [6.45, 7) is 10.1. The largest absolute Gasteiger partial charge is 0.299 e. The Morgan fingerprint density at radius 1 is 0.659 bits per heavy atom. The van der Waals surface area contributed by atoms with Crippen molar-refractivity contribution in [1.29, 1.82) is 0 Å². The summed E-state index contributed by atoms with van der Waals surface area (Å²) in [5, 5.41) is 0. The number of hydrogen-bond donors (Lipinski definition) is 0. The average molecular weight is 600 g/mol. The third-order valence-electron chi connectivity index (χ3n) is 7.20. The van der Waals surface area contributed by atoms with Crippen LogP contribution in [-0.2, 0) is 26.6 Å². The van der Waals surface area contributed by atoms with E-state index in [4.69, 9.17) is 0 Å². The van der Waals surface area contributed by atoms with Gasteiger partial charge < -0.3 is 0 Å². The number of halogens is 1. The Morgan fingerprint density at radius 2 is 1.07 bits per heavy atom. The number of benzene rings is 3. The highest BCUT2D eigenvalue weighted by Gasteiger charge is 2.29. The molecular weight excluding hydrogens is 561 g/mol. The Labute approximate surface area is 244 Å². The number of sulfonamides is 2. The van der Waals surface area contributed by atoms with E-state index in [0.717, 1.165) is 16.7 Å². The van der Waals surface area contributed by atoms with Gasteiger partial charge in [-0.3, -0.25) is 4.90 Å². The van der Waals surface area contributed by atoms with E-state index in [1.807, 2.05) is 13.8 Å². The summed E-state index contributed by atoms with van der Waals surface area (Å²) in [5.41, 5.74) is 3.34. The molecule has 10 heteroatoms. The molecule has 1 heterocycles. The maximum absolute atomic E-state index is 13.7. The molecule has 3 aromatic carbocycles. The van der Waals surface area contributed by atoms with Crippen molar-refractivity contribution in [2.75, 3.05) is 39.3 Å². The SMILES string of the molecule is C=C1CN(S(=O)(=O)c2ccc(C)cc2)CCCN(Cc2ccc(F)cc2)CCCN(S(=O)(=O)c2ccc(C)cc2)C1. The molecule has 4 rings (SSSR count). The summed E-state index contributed by atoms with van der Waals surface area (Å²) in [4.78, 5) is 2.54. The van der Waals surface area contributed by atoms with E-state index in [0.29, 0.717) is 38.0 Å². The van der Waals surface area contributed by atoms with Crippen LogP contribution >= 0.6 is 0 Å². The Morgan fingerprint density at radius 3 is 1.49 bits per heavy atom. The molecule has 7 nitrogen and oxygen atoms in total. The predicted octanol–water partition coefficient (Wildman–Crippen LogP) is 4.98. The van der Waals surface area contributed by atoms with E-state index in [2.05, 4.69) is 11.5 Å². The molecule has 1 fully saturated rings. The van der Waals surface area contributed by atoms with Crippen LogP contribution in [0.4, 0.5) is 4.39 Å². The molecule has 1 aliphatic heterocycles. The molecule has 0 N–H and O–H groups in total. The topological polar surface area (TPSA) is 78.0 Å². The van der Waals surface area contributed by atoms with Gasteiger partial charge in [-0.25, -0.2) is 21.2 Å². The number of aryl methyl sites for hydroxylation is 2. The lowest BCUT2D eigenvalue weighted by Gasteiger charge is -2.30. The van der Waals surface area contributed by atoms with Crippen LogP contribution in [0.1, 0.15) is 29.5 Å². The molecule has 0 aliphatic carbocycles. The molecule has 0 spiro atoms. The van der Waals surface area contributed by atoms with Crippen LogP contribution in [0.15, 0.2) is 94.7 Å². The van der Waals surface area contributed by atoms with E-state index < -0.39 is 20.0 Å². The normalized spacial score (nSPS) is 17.6. The quantitative estimate of drug-likeness (QED) is 0.374. The van der Waals surface area contributed by atoms with Crippen molar-refractivity contribution in [1.82, 2.24) is 13.5 Å². The summed E-state index contributed by atoms with van der Waals surface area (Å²) < 4.78 is 71.1. The maximum Gasteiger partial charge on any atom is 0.243 e. The van der Waals surface area contributed by atoms with E-state index in [9.17, 15) is 21.2 Å². The minimum atomic E-state index is -3.85. The molecule has 0 unspecified atom stereocenters. The van der Waals surface area contributed by atoms with Gasteiger partial charge in [-0.1, -0.05) is 54.1 Å². The van der Waals surface area contributed by atoms with Gasteiger partial charge in [0.25, 0.3) is 0 Å². The highest BCUT2D eigenvalue weighted by atomic mass is 32.2. The number of rotatable bonds is 6. The molecule has 0 aromatic heterocycles. The summed E-state index contributed by atoms with van der Waals surface area (Å²) >= 11 is 0. The Kier molecular flexibility index (Phi) is 10.1. The van der Waals surface area contributed by atoms with Crippen molar-refractivity contribution in [3.8, 4) is 0 Å². The van der Waals surface area contributed by atoms with Crippen molar-refractivity contribution in [2.24, 2.45) is 0 Å². The first kappa shape index (κ1) is 31.1. The fourth-order valence-electron chi connectivity index (χ4n) is 4.90. The molecule has 41 heavy (non-hydrogen) atoms. The van der Waals surface area contributed by atoms with Crippen molar-refractivity contribution in [2.45, 2.75) is 43.0 Å². The maximum atomic E-state index is 13.7. The summed E-state index contributed by atoms with van der Waals surface area (Å²) in [6, 6.07) is 19.7. The molecule has 220 valence electrons. The van der Waals surface area contributed by atoms with Crippen LogP contribution < -0.4 is 0 Å². The smallest absolute Gasteiger partial charge is 0.243 e. The van der Waals surface area contributed by atoms with Crippen LogP contribution in [0, 0.1) is 19.7 Å². The molecule has 0 bridgehead atoms. The standard InChI is InChI=1S/C31H38FN3O4S2/c1-25-6-14-30(15-7-25)40(36,37)34-20-4-18-33(24-28-10-12-29(32)13-11-28)19-5-21-35(23-27(3)22-34)41(38,39)31-16-8-26(2)9-17-31/h6-17H,3-5,18-24H2,1-2H3. The Balaban J connectivity index is 1.63. The van der Waals surface area contributed by atoms with E-state index >= 15 is 0 Å². The predicted molar refractivity (Wildman–Crippen MR) is 160 cm³/mol. The average Bonchev–Trinajstić information content (AvgIpc) is 2.92. The molecule has 0 atom stereocenters. The van der Waals surface area contributed by atoms with Gasteiger partial charge in [0.05, 0.1) is 9.79 Å². The first-order valence-corrected chi connectivity index (χ1v) is 16.6. The second-order valence-electron chi connectivity index (χ2n) is 10.7. The van der Waals surface area contributed by atoms with E-state index in [1.165, 1.54) is 20.7 Å². The highest BCUT2D eigenvalue weighted by molar-refractivity contribution is 7.89. The third-order valence-corrected chi connectivity index (χ3v) is 10.9. The first-order valence-electron chi connectivity index (χ1n) is 13.7. The van der Waals surface area contributed by atoms with Gasteiger partial charge in [-0.15, -0.1) is 0 Å². The van der Waals surface area contributed by atoms with Crippen molar-refractivity contribution < 1.29 is 21.2 Å². The van der Waals surface area contributed by atoms with Gasteiger partial charge >= 0.3 is 0 Å². The zero-order chi connectivity index (χ0) is 29.6. The van der Waals surface area contributed by atoms with Crippen LogP contribution in [0.5, 0.6) is 0 Å². The zero-order valence-corrected chi connectivity index (χ0v) is 25.3. The number of nitrogens with zero attached hydrogens (tertiary/aromatic N) is 3. The summed E-state index contributed by atoms with van der Waals surface area (Å²) in [7, 11) is -7.69. The summed E-state index contributed by atoms with van der Waals surface area (Å²) in [6.07, 6.45) is 1.15. The lowest BCUT2D eigenvalue weighted by Crippen LogP contribution is -2.41. The number of hydrogen-bond acceptors (Lipinski definition) is 5. The lowest BCUT2D eigenvalue weighted by atomic mass is 10.2. The van der Waals surface area contributed by atoms with Crippen LogP contribution in [0.25, 0.3) is 0 Å². The van der Waals surface area contributed by atoms with E-state index in [-0.39, 0.29) is 41.8 Å². The Bertz CT molecular complexity index is 1450. The van der Waals surface area contributed by atoms with Gasteiger partial charge in [0, 0.05) is 32.7 Å². The minimum Gasteiger partial charge on any atom is -0.299 e. The van der Waals surface area contributed by atoms with Crippen molar-refractivity contribution in [3.63, 3.8) is 0 Å². The Hall–Kier alpha value is -2.89. The second kappa shape index (κ2) is 13.4. The van der Waals surface area contributed by atoms with E-state index in [1.54, 1.807) is 60.7 Å². The van der Waals surface area contributed by atoms with Gasteiger partial charge in [-0.2, -0.15) is 8.61 Å². The minimum absolute atomic E-state index is 0.00803. The molecule has 1 aliphatic rings. The monoisotopic (exact) mass is 599 g/mol. The third kappa shape index (κ3) is 8.11. The lowest BCUT2D eigenvalue weighted by molar-refractivity contribution is 0.238. The molecule has 0 saturated carbocycles. The first-order chi connectivity index (χ1) is 19.4. The summed E-state index contributed by atoms with van der Waals surface area (Å²) in [5.74, 6) is -0.309. The van der Waals surface area contributed by atoms with Crippen LogP contribution in [-0.4, -0.2) is 69.6 Å². The van der Waals surface area contributed by atoms with Crippen molar-refractivity contribution >= 4 is 20.0 Å². The van der Waals surface area contributed by atoms with Gasteiger partial charge in [0.1, 0.15) is 5.82 Å². The van der Waals surface area contributed by atoms with Gasteiger partial charge in [-0.05, 0) is 87.3 Å². The molecule has 1 saturated heterocycles. The fourth-order valence-corrected chi connectivity index (χ4v) is 7.90. The van der Waals surface area contributed by atoms with Crippen molar-refractivity contribution in [3.05, 3.63) is 107 Å². The molecule has 0 radical (unpaired) electrons. The zero-order valence-electron chi connectivity index (χ0n) is 23.7. The fraction of sp³-hybridized carbons (Fsp3) is 0.355.